The maximum atomic E-state index is 13.3. The Morgan fingerprint density at radius 2 is 1.74 bits per heavy atom. The van der Waals surface area contributed by atoms with Gasteiger partial charge in [-0.1, -0.05) is 47.5 Å². The van der Waals surface area contributed by atoms with E-state index in [0.717, 1.165) is 41.7 Å². The lowest BCUT2D eigenvalue weighted by Crippen LogP contribution is -2.31. The smallest absolute Gasteiger partial charge is 0.310 e. The molecule has 4 nitrogen and oxygen atoms in total. The van der Waals surface area contributed by atoms with E-state index in [4.69, 9.17) is 32.7 Å². The van der Waals surface area contributed by atoms with Crippen LogP contribution < -0.4 is 0 Å². The van der Waals surface area contributed by atoms with Crippen molar-refractivity contribution in [2.24, 2.45) is 11.0 Å². The lowest BCUT2D eigenvalue weighted by Gasteiger charge is -2.29. The predicted molar refractivity (Wildman–Crippen MR) is 123 cm³/mol. The SMILES string of the molecule is O=C(c1ccco1)N1N=C2/C(=C/c3ccc(Cl)cc3)CCC[C@@H]2[C@@H]1c1ccc(Cl)cc1. The van der Waals surface area contributed by atoms with E-state index in [1.807, 2.05) is 48.5 Å². The Morgan fingerprint density at radius 3 is 2.42 bits per heavy atom. The van der Waals surface area contributed by atoms with Crippen molar-refractivity contribution in [3.63, 3.8) is 0 Å². The van der Waals surface area contributed by atoms with Crippen molar-refractivity contribution in [1.29, 1.82) is 0 Å². The van der Waals surface area contributed by atoms with E-state index in [2.05, 4.69) is 6.08 Å². The van der Waals surface area contributed by atoms with E-state index < -0.39 is 0 Å². The molecule has 0 bridgehead atoms. The van der Waals surface area contributed by atoms with Crippen molar-refractivity contribution in [3.8, 4) is 0 Å². The van der Waals surface area contributed by atoms with Crippen LogP contribution in [-0.2, 0) is 0 Å². The third-order valence-corrected chi connectivity index (χ3v) is 6.37. The van der Waals surface area contributed by atoms with Crippen LogP contribution in [0.3, 0.4) is 0 Å². The Bertz CT molecular complexity index is 1150. The van der Waals surface area contributed by atoms with Gasteiger partial charge in [0.2, 0.25) is 0 Å². The summed E-state index contributed by atoms with van der Waals surface area (Å²) in [5.74, 6) is 0.162. The number of benzene rings is 2. The minimum atomic E-state index is -0.238. The van der Waals surface area contributed by atoms with Crippen molar-refractivity contribution in [3.05, 3.63) is 99.4 Å². The van der Waals surface area contributed by atoms with Gasteiger partial charge in [-0.15, -0.1) is 0 Å². The highest BCUT2D eigenvalue weighted by Gasteiger charge is 2.44. The lowest BCUT2D eigenvalue weighted by molar-refractivity contribution is 0.0648. The van der Waals surface area contributed by atoms with Gasteiger partial charge in [0.05, 0.1) is 18.0 Å². The fraction of sp³-hybridized carbons (Fsp3) is 0.200. The van der Waals surface area contributed by atoms with Crippen molar-refractivity contribution in [2.45, 2.75) is 25.3 Å². The largest absolute Gasteiger partial charge is 0.459 e. The first-order valence-corrected chi connectivity index (χ1v) is 11.0. The fourth-order valence-corrected chi connectivity index (χ4v) is 4.69. The molecule has 1 amide bonds. The van der Waals surface area contributed by atoms with Gasteiger partial charge in [-0.3, -0.25) is 4.79 Å². The zero-order valence-corrected chi connectivity index (χ0v) is 18.2. The van der Waals surface area contributed by atoms with E-state index in [1.165, 1.54) is 6.26 Å². The highest BCUT2D eigenvalue weighted by molar-refractivity contribution is 6.30. The van der Waals surface area contributed by atoms with Crippen LogP contribution in [0.4, 0.5) is 0 Å². The number of carbonyl (C=O) groups is 1. The molecule has 1 aliphatic carbocycles. The number of fused-ring (bicyclic) bond motifs is 1. The third-order valence-electron chi connectivity index (χ3n) is 5.86. The molecule has 3 aromatic rings. The van der Waals surface area contributed by atoms with Gasteiger partial charge in [-0.05, 0) is 78.4 Å². The molecule has 2 aliphatic rings. The highest BCUT2D eigenvalue weighted by atomic mass is 35.5. The van der Waals surface area contributed by atoms with E-state index in [-0.39, 0.29) is 23.6 Å². The fourth-order valence-electron chi connectivity index (χ4n) is 4.43. The number of carbonyl (C=O) groups excluding carboxylic acids is 1. The zero-order chi connectivity index (χ0) is 21.4. The van der Waals surface area contributed by atoms with E-state index in [0.29, 0.717) is 10.0 Å². The first kappa shape index (κ1) is 20.1. The zero-order valence-electron chi connectivity index (χ0n) is 16.7. The molecule has 6 heteroatoms. The first-order chi connectivity index (χ1) is 15.1. The van der Waals surface area contributed by atoms with Crippen LogP contribution in [0.15, 0.2) is 82.0 Å². The third kappa shape index (κ3) is 3.93. The van der Waals surface area contributed by atoms with Crippen LogP contribution in [-0.4, -0.2) is 16.6 Å². The van der Waals surface area contributed by atoms with Crippen LogP contribution in [0.2, 0.25) is 10.0 Å². The van der Waals surface area contributed by atoms with E-state index in [1.54, 1.807) is 17.1 Å². The van der Waals surface area contributed by atoms with Crippen LogP contribution in [0.5, 0.6) is 0 Å². The van der Waals surface area contributed by atoms with Gasteiger partial charge in [-0.25, -0.2) is 5.01 Å². The summed E-state index contributed by atoms with van der Waals surface area (Å²) in [7, 11) is 0. The summed E-state index contributed by atoms with van der Waals surface area (Å²) < 4.78 is 5.39. The van der Waals surface area contributed by atoms with Crippen molar-refractivity contribution in [1.82, 2.24) is 5.01 Å². The minimum absolute atomic E-state index is 0.118. The molecule has 0 radical (unpaired) electrons. The Hall–Kier alpha value is -2.82. The van der Waals surface area contributed by atoms with Crippen LogP contribution in [0.25, 0.3) is 6.08 Å². The van der Waals surface area contributed by atoms with Crippen molar-refractivity contribution < 1.29 is 9.21 Å². The standard InChI is InChI=1S/C25H20Cl2N2O2/c26-19-10-6-16(7-11-19)15-18-3-1-4-21-23(18)28-29(25(30)22-5-2-14-31-22)24(21)17-8-12-20(27)13-9-17/h2,5-15,21,24H,1,3-4H2/b18-15+/t21-,24-/m0/s1. The summed E-state index contributed by atoms with van der Waals surface area (Å²) >= 11 is 12.2. The molecule has 1 saturated carbocycles. The molecule has 156 valence electrons. The van der Waals surface area contributed by atoms with Crippen LogP contribution in [0, 0.1) is 5.92 Å². The Kier molecular flexibility index (Phi) is 5.43. The first-order valence-electron chi connectivity index (χ1n) is 10.3. The number of halogens is 2. The van der Waals surface area contributed by atoms with Gasteiger partial charge in [-0.2, -0.15) is 5.10 Å². The summed E-state index contributed by atoms with van der Waals surface area (Å²) in [6.45, 7) is 0. The van der Waals surface area contributed by atoms with Gasteiger partial charge in [0.25, 0.3) is 0 Å². The number of rotatable bonds is 3. The molecule has 1 aromatic heterocycles. The molecule has 31 heavy (non-hydrogen) atoms. The van der Waals surface area contributed by atoms with E-state index >= 15 is 0 Å². The average Bonchev–Trinajstić information content (AvgIpc) is 3.44. The van der Waals surface area contributed by atoms with Gasteiger partial charge < -0.3 is 4.42 Å². The normalized spacial score (nSPS) is 21.8. The lowest BCUT2D eigenvalue weighted by atomic mass is 9.77. The topological polar surface area (TPSA) is 45.8 Å². The van der Waals surface area contributed by atoms with Gasteiger partial charge >= 0.3 is 5.91 Å². The molecule has 0 saturated heterocycles. The summed E-state index contributed by atoms with van der Waals surface area (Å²) in [5.41, 5.74) is 4.22. The molecular formula is C25H20Cl2N2O2. The predicted octanol–water partition coefficient (Wildman–Crippen LogP) is 7.02. The van der Waals surface area contributed by atoms with Crippen LogP contribution >= 0.6 is 23.2 Å². The second-order valence-electron chi connectivity index (χ2n) is 7.83. The van der Waals surface area contributed by atoms with Gasteiger partial charge in [0.1, 0.15) is 0 Å². The van der Waals surface area contributed by atoms with Crippen molar-refractivity contribution in [2.75, 3.05) is 0 Å². The molecule has 0 N–H and O–H groups in total. The molecule has 2 atom stereocenters. The number of amides is 1. The summed E-state index contributed by atoms with van der Waals surface area (Å²) in [5, 5.41) is 7.81. The summed E-state index contributed by atoms with van der Waals surface area (Å²) in [6, 6.07) is 18.6. The minimum Gasteiger partial charge on any atom is -0.459 e. The Labute approximate surface area is 190 Å². The second-order valence-corrected chi connectivity index (χ2v) is 8.70. The van der Waals surface area contributed by atoms with Crippen molar-refractivity contribution >= 4 is 40.9 Å². The molecule has 2 aromatic carbocycles. The van der Waals surface area contributed by atoms with Gasteiger partial charge in [0, 0.05) is 16.0 Å². The number of nitrogens with zero attached hydrogens (tertiary/aromatic N) is 2. The molecule has 2 heterocycles. The molecule has 5 rings (SSSR count). The summed E-state index contributed by atoms with van der Waals surface area (Å²) in [4.78, 5) is 13.3. The Balaban J connectivity index is 1.57. The number of allylic oxidation sites excluding steroid dienone is 1. The number of hydrogen-bond acceptors (Lipinski definition) is 3. The van der Waals surface area contributed by atoms with Crippen LogP contribution in [0.1, 0.15) is 47.0 Å². The van der Waals surface area contributed by atoms with E-state index in [9.17, 15) is 4.79 Å². The Morgan fingerprint density at radius 1 is 1.03 bits per heavy atom. The second kappa shape index (κ2) is 8.37. The summed E-state index contributed by atoms with van der Waals surface area (Å²) in [6.07, 6.45) is 6.59. The number of hydrazone groups is 1. The monoisotopic (exact) mass is 450 g/mol. The maximum absolute atomic E-state index is 13.3. The molecular weight excluding hydrogens is 431 g/mol. The quantitative estimate of drug-likeness (QED) is 0.430. The number of hydrogen-bond donors (Lipinski definition) is 0. The maximum Gasteiger partial charge on any atom is 0.310 e. The molecule has 0 spiro atoms. The average molecular weight is 451 g/mol. The molecule has 0 unspecified atom stereocenters. The highest BCUT2D eigenvalue weighted by Crippen LogP contribution is 2.45. The van der Waals surface area contributed by atoms with Gasteiger partial charge in [0.15, 0.2) is 5.76 Å². The number of furan rings is 1. The molecule has 1 aliphatic heterocycles. The molecule has 1 fully saturated rings.